The van der Waals surface area contributed by atoms with Crippen molar-refractivity contribution in [3.63, 3.8) is 0 Å². The molecule has 1 aromatic rings. The first-order chi connectivity index (χ1) is 8.59. The van der Waals surface area contributed by atoms with E-state index >= 15 is 0 Å². The summed E-state index contributed by atoms with van der Waals surface area (Å²) in [7, 11) is 0. The number of likely N-dealkylation sites (tertiary alicyclic amines) is 1. The average molecular weight is 250 g/mol. The van der Waals surface area contributed by atoms with Gasteiger partial charge in [0.05, 0.1) is 5.56 Å². The average Bonchev–Trinajstić information content (AvgIpc) is 2.38. The molecule has 2 rings (SSSR count). The Balaban J connectivity index is 2.33. The third-order valence-corrected chi connectivity index (χ3v) is 3.04. The van der Waals surface area contributed by atoms with Gasteiger partial charge in [-0.1, -0.05) is 0 Å². The van der Waals surface area contributed by atoms with Gasteiger partial charge in [0.15, 0.2) is 12.4 Å². The van der Waals surface area contributed by atoms with Gasteiger partial charge in [-0.25, -0.2) is 4.79 Å². The van der Waals surface area contributed by atoms with Crippen LogP contribution in [-0.4, -0.2) is 35.0 Å². The third-order valence-electron chi connectivity index (χ3n) is 3.04. The number of hydrogen-bond acceptors (Lipinski definition) is 3. The molecule has 96 valence electrons. The zero-order valence-electron chi connectivity index (χ0n) is 9.83. The molecule has 0 radical (unpaired) electrons. The van der Waals surface area contributed by atoms with Gasteiger partial charge in [-0.15, -0.1) is 0 Å². The lowest BCUT2D eigenvalue weighted by molar-refractivity contribution is -0.605. The van der Waals surface area contributed by atoms with Crippen molar-refractivity contribution in [3.8, 4) is 0 Å². The van der Waals surface area contributed by atoms with E-state index in [0.717, 1.165) is 37.7 Å². The molecule has 1 aliphatic heterocycles. The summed E-state index contributed by atoms with van der Waals surface area (Å²) in [6.45, 7) is 1.23. The smallest absolute Gasteiger partial charge is 0.336 e. The van der Waals surface area contributed by atoms with Crippen molar-refractivity contribution < 1.29 is 19.4 Å². The number of pyridine rings is 1. The molecule has 6 nitrogen and oxygen atoms in total. The van der Waals surface area contributed by atoms with E-state index in [0.29, 0.717) is 17.8 Å². The van der Waals surface area contributed by atoms with E-state index < -0.39 is 5.97 Å². The zero-order valence-corrected chi connectivity index (χ0v) is 9.83. The molecule has 6 heteroatoms. The van der Waals surface area contributed by atoms with Crippen LogP contribution in [0.5, 0.6) is 0 Å². The number of carboxylic acids is 1. The van der Waals surface area contributed by atoms with Crippen LogP contribution in [0.15, 0.2) is 18.5 Å². The van der Waals surface area contributed by atoms with E-state index in [9.17, 15) is 14.8 Å². The van der Waals surface area contributed by atoms with Crippen molar-refractivity contribution in [2.45, 2.75) is 19.3 Å². The lowest BCUT2D eigenvalue weighted by Crippen LogP contribution is -2.38. The number of aromatic carboxylic acids is 1. The number of aromatic nitrogens is 1. The number of carbonyl (C=O) groups excluding carboxylic acids is 1. The van der Waals surface area contributed by atoms with E-state index in [-0.39, 0.29) is 17.0 Å². The van der Waals surface area contributed by atoms with Crippen LogP contribution in [0.4, 0.5) is 0 Å². The Kier molecular flexibility index (Phi) is 3.45. The molecule has 1 aliphatic rings. The van der Waals surface area contributed by atoms with Crippen molar-refractivity contribution in [3.05, 3.63) is 34.8 Å². The zero-order chi connectivity index (χ0) is 13.1. The molecule has 0 spiro atoms. The lowest BCUT2D eigenvalue weighted by atomic mass is 10.1. The van der Waals surface area contributed by atoms with Gasteiger partial charge < -0.3 is 15.2 Å². The molecule has 0 atom stereocenters. The molecule has 0 unspecified atom stereocenters. The van der Waals surface area contributed by atoms with Gasteiger partial charge in [0.1, 0.15) is 5.56 Å². The van der Waals surface area contributed by atoms with Gasteiger partial charge in [0, 0.05) is 19.2 Å². The molecule has 1 aromatic heterocycles. The molecule has 1 saturated heterocycles. The SMILES string of the molecule is O=C(O)c1cc[n+]([O-])cc1C(=O)N1CCCCC1. The molecular weight excluding hydrogens is 236 g/mol. The lowest BCUT2D eigenvalue weighted by Gasteiger charge is -2.26. The standard InChI is InChI=1S/C12H14N2O4/c15-11(13-5-2-1-3-6-13)10-8-14(18)7-4-9(10)12(16)17/h4,7-8H,1-3,5-6H2,(H,16,17). The maximum atomic E-state index is 12.2. The molecule has 1 amide bonds. The summed E-state index contributed by atoms with van der Waals surface area (Å²) in [5.74, 6) is -1.58. The van der Waals surface area contributed by atoms with E-state index in [1.54, 1.807) is 4.90 Å². The quantitative estimate of drug-likeness (QED) is 0.616. The summed E-state index contributed by atoms with van der Waals surface area (Å²) in [5, 5.41) is 20.2. The Morgan fingerprint density at radius 2 is 1.89 bits per heavy atom. The predicted octanol–water partition coefficient (Wildman–Crippen LogP) is 0.644. The molecule has 0 bridgehead atoms. The van der Waals surface area contributed by atoms with Crippen LogP contribution in [0.2, 0.25) is 0 Å². The van der Waals surface area contributed by atoms with E-state index in [1.165, 1.54) is 0 Å². The number of carboxylic acid groups (broad SMARTS) is 1. The van der Waals surface area contributed by atoms with Gasteiger partial charge in [-0.05, 0) is 19.3 Å². The Labute approximate surface area is 104 Å². The number of hydrogen-bond donors (Lipinski definition) is 1. The maximum absolute atomic E-state index is 12.2. The van der Waals surface area contributed by atoms with Crippen molar-refractivity contribution in [2.24, 2.45) is 0 Å². The maximum Gasteiger partial charge on any atom is 0.336 e. The molecular formula is C12H14N2O4. The highest BCUT2D eigenvalue weighted by molar-refractivity contribution is 6.04. The molecule has 1 N–H and O–H groups in total. The van der Waals surface area contributed by atoms with Crippen LogP contribution in [0.1, 0.15) is 40.0 Å². The first-order valence-electron chi connectivity index (χ1n) is 5.85. The number of nitrogens with zero attached hydrogens (tertiary/aromatic N) is 2. The molecule has 1 fully saturated rings. The number of rotatable bonds is 2. The minimum atomic E-state index is -1.20. The van der Waals surface area contributed by atoms with Gasteiger partial charge in [0.25, 0.3) is 5.91 Å². The fourth-order valence-corrected chi connectivity index (χ4v) is 2.10. The minimum Gasteiger partial charge on any atom is -0.619 e. The number of carbonyl (C=O) groups is 2. The van der Waals surface area contributed by atoms with Crippen molar-refractivity contribution >= 4 is 11.9 Å². The predicted molar refractivity (Wildman–Crippen MR) is 62.1 cm³/mol. The highest BCUT2D eigenvalue weighted by atomic mass is 16.5. The van der Waals surface area contributed by atoms with Crippen LogP contribution in [0.3, 0.4) is 0 Å². The van der Waals surface area contributed by atoms with E-state index in [4.69, 9.17) is 5.11 Å². The topological polar surface area (TPSA) is 84.5 Å². The number of piperidine rings is 1. The first-order valence-corrected chi connectivity index (χ1v) is 5.85. The molecule has 18 heavy (non-hydrogen) atoms. The second kappa shape index (κ2) is 5.03. The summed E-state index contributed by atoms with van der Waals surface area (Å²) in [4.78, 5) is 24.8. The molecule has 0 saturated carbocycles. The highest BCUT2D eigenvalue weighted by Gasteiger charge is 2.25. The van der Waals surface area contributed by atoms with E-state index in [2.05, 4.69) is 0 Å². The van der Waals surface area contributed by atoms with Crippen LogP contribution in [0.25, 0.3) is 0 Å². The second-order valence-corrected chi connectivity index (χ2v) is 4.29. The Morgan fingerprint density at radius 1 is 1.22 bits per heavy atom. The van der Waals surface area contributed by atoms with Gasteiger partial charge in [-0.2, -0.15) is 4.73 Å². The summed E-state index contributed by atoms with van der Waals surface area (Å²) in [6.07, 6.45) is 5.01. The summed E-state index contributed by atoms with van der Waals surface area (Å²) < 4.78 is 0.448. The Hall–Kier alpha value is -2.11. The first kappa shape index (κ1) is 12.3. The van der Waals surface area contributed by atoms with Crippen molar-refractivity contribution in [2.75, 3.05) is 13.1 Å². The fraction of sp³-hybridized carbons (Fsp3) is 0.417. The molecule has 0 aliphatic carbocycles. The van der Waals surface area contributed by atoms with Crippen LogP contribution < -0.4 is 4.73 Å². The molecule has 2 heterocycles. The van der Waals surface area contributed by atoms with Crippen LogP contribution >= 0.6 is 0 Å². The molecule has 0 aromatic carbocycles. The van der Waals surface area contributed by atoms with Crippen LogP contribution in [-0.2, 0) is 0 Å². The summed E-state index contributed by atoms with van der Waals surface area (Å²) in [6, 6.07) is 1.16. The second-order valence-electron chi connectivity index (χ2n) is 4.29. The van der Waals surface area contributed by atoms with Crippen molar-refractivity contribution in [1.82, 2.24) is 4.90 Å². The normalized spacial score (nSPS) is 15.4. The fourth-order valence-electron chi connectivity index (χ4n) is 2.10. The monoisotopic (exact) mass is 250 g/mol. The number of amides is 1. The van der Waals surface area contributed by atoms with Crippen molar-refractivity contribution in [1.29, 1.82) is 0 Å². The van der Waals surface area contributed by atoms with Gasteiger partial charge >= 0.3 is 5.97 Å². The Morgan fingerprint density at radius 3 is 2.50 bits per heavy atom. The highest BCUT2D eigenvalue weighted by Crippen LogP contribution is 2.15. The largest absolute Gasteiger partial charge is 0.619 e. The van der Waals surface area contributed by atoms with Gasteiger partial charge in [0.2, 0.25) is 0 Å². The minimum absolute atomic E-state index is 0.0399. The summed E-state index contributed by atoms with van der Waals surface area (Å²) >= 11 is 0. The summed E-state index contributed by atoms with van der Waals surface area (Å²) in [5.41, 5.74) is -0.167. The Bertz CT molecular complexity index is 481. The van der Waals surface area contributed by atoms with E-state index in [1.807, 2.05) is 0 Å². The van der Waals surface area contributed by atoms with Crippen LogP contribution in [0, 0.1) is 5.21 Å². The third kappa shape index (κ3) is 2.42. The van der Waals surface area contributed by atoms with Gasteiger partial charge in [-0.3, -0.25) is 4.79 Å².